The maximum absolute atomic E-state index is 11.9. The second kappa shape index (κ2) is 5.18. The predicted octanol–water partition coefficient (Wildman–Crippen LogP) is 3.06. The molecule has 1 aliphatic carbocycles. The first kappa shape index (κ1) is 13.6. The summed E-state index contributed by atoms with van der Waals surface area (Å²) in [6, 6.07) is 3.81. The molecule has 0 aromatic carbocycles. The van der Waals surface area contributed by atoms with E-state index in [9.17, 15) is 4.79 Å². The molecule has 0 aliphatic heterocycles. The third-order valence-corrected chi connectivity index (χ3v) is 4.37. The Labute approximate surface area is 124 Å². The van der Waals surface area contributed by atoms with Crippen molar-refractivity contribution in [3.8, 4) is 11.6 Å². The third kappa shape index (κ3) is 2.45. The van der Waals surface area contributed by atoms with Crippen molar-refractivity contribution in [2.24, 2.45) is 5.92 Å². The van der Waals surface area contributed by atoms with Crippen molar-refractivity contribution in [2.75, 3.05) is 7.11 Å². The molecule has 1 aliphatic rings. The molecule has 2 aromatic heterocycles. The van der Waals surface area contributed by atoms with E-state index >= 15 is 0 Å². The summed E-state index contributed by atoms with van der Waals surface area (Å²) in [5.41, 5.74) is 0.323. The minimum absolute atomic E-state index is 0.236. The molecule has 106 valence electrons. The van der Waals surface area contributed by atoms with Crippen LogP contribution < -0.4 is 5.56 Å². The van der Waals surface area contributed by atoms with E-state index in [0.717, 1.165) is 12.2 Å². The van der Waals surface area contributed by atoms with Crippen molar-refractivity contribution in [2.45, 2.75) is 25.9 Å². The van der Waals surface area contributed by atoms with Crippen LogP contribution >= 0.6 is 15.9 Å². The average molecular weight is 339 g/mol. The summed E-state index contributed by atoms with van der Waals surface area (Å²) in [5, 5.41) is 0. The maximum Gasteiger partial charge on any atom is 0.265 e. The molecule has 1 saturated carbocycles. The average Bonchev–Trinajstić information content (AvgIpc) is 2.96. The first-order chi connectivity index (χ1) is 9.60. The molecule has 1 fully saturated rings. The predicted molar refractivity (Wildman–Crippen MR) is 77.5 cm³/mol. The van der Waals surface area contributed by atoms with Crippen LogP contribution in [-0.2, 0) is 11.3 Å². The zero-order chi connectivity index (χ0) is 14.3. The molecule has 0 saturated heterocycles. The molecule has 20 heavy (non-hydrogen) atoms. The van der Waals surface area contributed by atoms with Gasteiger partial charge in [-0.25, -0.2) is 4.98 Å². The van der Waals surface area contributed by atoms with Crippen LogP contribution in [0.15, 0.2) is 25.8 Å². The van der Waals surface area contributed by atoms with E-state index in [1.165, 1.54) is 0 Å². The maximum atomic E-state index is 11.9. The van der Waals surface area contributed by atoms with Crippen molar-refractivity contribution in [3.63, 3.8) is 0 Å². The number of aromatic amines is 1. The molecule has 6 heteroatoms. The number of nitrogens with one attached hydrogen (secondary N) is 1. The van der Waals surface area contributed by atoms with Gasteiger partial charge in [-0.2, -0.15) is 0 Å². The number of aromatic nitrogens is 2. The van der Waals surface area contributed by atoms with E-state index in [1.54, 1.807) is 7.11 Å². The Morgan fingerprint density at radius 2 is 2.30 bits per heavy atom. The molecule has 0 spiro atoms. The van der Waals surface area contributed by atoms with E-state index in [4.69, 9.17) is 9.15 Å². The zero-order valence-corrected chi connectivity index (χ0v) is 12.9. The fourth-order valence-electron chi connectivity index (χ4n) is 2.25. The van der Waals surface area contributed by atoms with Gasteiger partial charge in [0.15, 0.2) is 11.6 Å². The van der Waals surface area contributed by atoms with Gasteiger partial charge in [0.25, 0.3) is 5.56 Å². The Balaban J connectivity index is 1.97. The standard InChI is InChI=1S/C14H15BrN2O3/c1-7-5-8(7)10-3-4-11(20-10)13-16-9(6-19-2)12(15)14(18)17-13/h3-4,7-8H,5-6H2,1-2H3,(H,16,17,18). The van der Waals surface area contributed by atoms with Crippen LogP contribution in [0.4, 0.5) is 0 Å². The van der Waals surface area contributed by atoms with Crippen LogP contribution in [0.2, 0.25) is 0 Å². The zero-order valence-electron chi connectivity index (χ0n) is 11.3. The molecule has 2 unspecified atom stereocenters. The van der Waals surface area contributed by atoms with Crippen LogP contribution in [0.25, 0.3) is 11.6 Å². The second-order valence-corrected chi connectivity index (χ2v) is 5.92. The summed E-state index contributed by atoms with van der Waals surface area (Å²) in [5.74, 6) is 3.16. The lowest BCUT2D eigenvalue weighted by atomic mass is 10.3. The molecule has 1 N–H and O–H groups in total. The third-order valence-electron chi connectivity index (χ3n) is 3.55. The van der Waals surface area contributed by atoms with Gasteiger partial charge in [0, 0.05) is 13.0 Å². The van der Waals surface area contributed by atoms with Gasteiger partial charge in [-0.15, -0.1) is 0 Å². The van der Waals surface area contributed by atoms with Crippen molar-refractivity contribution in [1.82, 2.24) is 9.97 Å². The first-order valence-electron chi connectivity index (χ1n) is 6.48. The number of methoxy groups -OCH3 is 1. The largest absolute Gasteiger partial charge is 0.458 e. The highest BCUT2D eigenvalue weighted by Crippen LogP contribution is 2.47. The number of hydrogen-bond acceptors (Lipinski definition) is 4. The molecule has 0 amide bonds. The van der Waals surface area contributed by atoms with Crippen molar-refractivity contribution >= 4 is 15.9 Å². The van der Waals surface area contributed by atoms with Gasteiger partial charge >= 0.3 is 0 Å². The van der Waals surface area contributed by atoms with Crippen LogP contribution in [0.3, 0.4) is 0 Å². The lowest BCUT2D eigenvalue weighted by Crippen LogP contribution is -2.13. The lowest BCUT2D eigenvalue weighted by molar-refractivity contribution is 0.180. The Hall–Kier alpha value is -1.40. The molecule has 2 heterocycles. The smallest absolute Gasteiger partial charge is 0.265 e. The number of furan rings is 1. The minimum atomic E-state index is -0.236. The van der Waals surface area contributed by atoms with Gasteiger partial charge in [0.1, 0.15) is 10.2 Å². The van der Waals surface area contributed by atoms with Gasteiger partial charge in [0.2, 0.25) is 0 Å². The monoisotopic (exact) mass is 338 g/mol. The first-order valence-corrected chi connectivity index (χ1v) is 7.27. The normalized spacial score (nSPS) is 21.1. The molecular weight excluding hydrogens is 324 g/mol. The molecule has 5 nitrogen and oxygen atoms in total. The fraction of sp³-hybridized carbons (Fsp3) is 0.429. The van der Waals surface area contributed by atoms with Crippen molar-refractivity contribution in [3.05, 3.63) is 38.4 Å². The van der Waals surface area contributed by atoms with E-state index in [0.29, 0.717) is 33.6 Å². The van der Waals surface area contributed by atoms with Crippen LogP contribution in [0.5, 0.6) is 0 Å². The molecule has 2 aromatic rings. The quantitative estimate of drug-likeness (QED) is 0.930. The lowest BCUT2D eigenvalue weighted by Gasteiger charge is -2.04. The van der Waals surface area contributed by atoms with E-state index < -0.39 is 0 Å². The summed E-state index contributed by atoms with van der Waals surface area (Å²) in [6.07, 6.45) is 1.16. The Morgan fingerprint density at radius 3 is 2.95 bits per heavy atom. The van der Waals surface area contributed by atoms with Crippen LogP contribution in [-0.4, -0.2) is 17.1 Å². The van der Waals surface area contributed by atoms with Gasteiger partial charge in [-0.1, -0.05) is 6.92 Å². The van der Waals surface area contributed by atoms with E-state index in [2.05, 4.69) is 32.8 Å². The molecule has 0 bridgehead atoms. The Kier molecular flexibility index (Phi) is 3.52. The number of halogens is 1. The molecule has 2 atom stereocenters. The number of ether oxygens (including phenoxy) is 1. The highest BCUT2D eigenvalue weighted by Gasteiger charge is 2.36. The van der Waals surface area contributed by atoms with Gasteiger partial charge in [-0.05, 0) is 40.4 Å². The number of hydrogen-bond donors (Lipinski definition) is 1. The minimum Gasteiger partial charge on any atom is -0.458 e. The van der Waals surface area contributed by atoms with Crippen LogP contribution in [0.1, 0.15) is 30.7 Å². The summed E-state index contributed by atoms with van der Waals surface area (Å²) in [7, 11) is 1.56. The van der Waals surface area contributed by atoms with Crippen LogP contribution in [0, 0.1) is 5.92 Å². The second-order valence-electron chi connectivity index (χ2n) is 5.13. The summed E-state index contributed by atoms with van der Waals surface area (Å²) >= 11 is 3.22. The Bertz CT molecular complexity index is 692. The molecule has 3 rings (SSSR count). The number of H-pyrrole nitrogens is 1. The summed E-state index contributed by atoms with van der Waals surface area (Å²) in [4.78, 5) is 19.0. The Morgan fingerprint density at radius 1 is 1.55 bits per heavy atom. The molecular formula is C14H15BrN2O3. The SMILES string of the molecule is COCc1nc(-c2ccc(C3CC3C)o2)[nH]c(=O)c1Br. The van der Waals surface area contributed by atoms with Gasteiger partial charge in [-0.3, -0.25) is 4.79 Å². The van der Waals surface area contributed by atoms with E-state index in [1.807, 2.05) is 12.1 Å². The summed E-state index contributed by atoms with van der Waals surface area (Å²) in [6.45, 7) is 2.47. The van der Waals surface area contributed by atoms with Gasteiger partial charge < -0.3 is 14.1 Å². The number of rotatable bonds is 4. The van der Waals surface area contributed by atoms with Crippen molar-refractivity contribution in [1.29, 1.82) is 0 Å². The highest BCUT2D eigenvalue weighted by molar-refractivity contribution is 9.10. The highest BCUT2D eigenvalue weighted by atomic mass is 79.9. The topological polar surface area (TPSA) is 68.1 Å². The summed E-state index contributed by atoms with van der Waals surface area (Å²) < 4.78 is 11.2. The number of nitrogens with zero attached hydrogens (tertiary/aromatic N) is 1. The van der Waals surface area contributed by atoms with Gasteiger partial charge in [0.05, 0.1) is 12.3 Å². The van der Waals surface area contributed by atoms with Crippen molar-refractivity contribution < 1.29 is 9.15 Å². The fourth-order valence-corrected chi connectivity index (χ4v) is 2.55. The van der Waals surface area contributed by atoms with E-state index in [-0.39, 0.29) is 12.2 Å². The molecule has 0 radical (unpaired) electrons.